The molecule has 94 valence electrons. The maximum absolute atomic E-state index is 11.5. The molecular formula is C9H10N6O3. The van der Waals surface area contributed by atoms with Crippen LogP contribution in [0.15, 0.2) is 28.2 Å². The number of H-pyrrole nitrogens is 2. The quantitative estimate of drug-likeness (QED) is 0.577. The molecule has 0 aliphatic heterocycles. The summed E-state index contributed by atoms with van der Waals surface area (Å²) in [4.78, 5) is 39.5. The second-order valence-corrected chi connectivity index (χ2v) is 3.45. The van der Waals surface area contributed by atoms with Crippen molar-refractivity contribution in [3.63, 3.8) is 0 Å². The van der Waals surface area contributed by atoms with Crippen molar-refractivity contribution in [2.45, 2.75) is 13.1 Å². The Morgan fingerprint density at radius 1 is 1.44 bits per heavy atom. The van der Waals surface area contributed by atoms with E-state index >= 15 is 0 Å². The Kier molecular flexibility index (Phi) is 3.32. The first-order chi connectivity index (χ1) is 8.65. The average Bonchev–Trinajstić information content (AvgIpc) is 2.83. The molecule has 0 saturated carbocycles. The van der Waals surface area contributed by atoms with Crippen LogP contribution < -0.4 is 16.6 Å². The molecule has 0 radical (unpaired) electrons. The molecule has 3 N–H and O–H groups in total. The van der Waals surface area contributed by atoms with Crippen LogP contribution in [-0.4, -0.2) is 30.6 Å². The third kappa shape index (κ3) is 2.90. The van der Waals surface area contributed by atoms with E-state index in [0.717, 1.165) is 4.57 Å². The number of aromatic nitrogens is 5. The Bertz CT molecular complexity index is 641. The lowest BCUT2D eigenvalue weighted by atomic mass is 10.5. The van der Waals surface area contributed by atoms with Gasteiger partial charge in [-0.15, -0.1) is 0 Å². The summed E-state index contributed by atoms with van der Waals surface area (Å²) in [6, 6.07) is 1.17. The molecule has 0 aromatic carbocycles. The second kappa shape index (κ2) is 5.08. The molecule has 2 heterocycles. The van der Waals surface area contributed by atoms with Gasteiger partial charge in [-0.2, -0.15) is 5.10 Å². The van der Waals surface area contributed by atoms with Crippen LogP contribution in [0.5, 0.6) is 0 Å². The third-order valence-electron chi connectivity index (χ3n) is 2.13. The van der Waals surface area contributed by atoms with Gasteiger partial charge in [0, 0.05) is 12.3 Å². The molecule has 0 fully saturated rings. The smallest absolute Gasteiger partial charge is 0.328 e. The minimum atomic E-state index is -0.627. The highest BCUT2D eigenvalue weighted by Crippen LogP contribution is 1.84. The van der Waals surface area contributed by atoms with Gasteiger partial charge in [-0.05, 0) is 0 Å². The number of carbonyl (C=O) groups is 1. The van der Waals surface area contributed by atoms with Gasteiger partial charge in [0.25, 0.3) is 5.56 Å². The molecule has 9 nitrogen and oxygen atoms in total. The predicted molar refractivity (Wildman–Crippen MR) is 59.6 cm³/mol. The molecule has 18 heavy (non-hydrogen) atoms. The zero-order valence-electron chi connectivity index (χ0n) is 9.21. The highest BCUT2D eigenvalue weighted by Gasteiger charge is 2.05. The first-order valence-electron chi connectivity index (χ1n) is 5.06. The summed E-state index contributed by atoms with van der Waals surface area (Å²) < 4.78 is 1.09. The summed E-state index contributed by atoms with van der Waals surface area (Å²) in [6.45, 7) is 0.0146. The zero-order chi connectivity index (χ0) is 13.0. The lowest BCUT2D eigenvalue weighted by Gasteiger charge is -2.04. The Morgan fingerprint density at radius 3 is 2.94 bits per heavy atom. The molecule has 0 aliphatic carbocycles. The SMILES string of the molecule is O=C(Cn1ccc(=O)[nH]c1=O)NCc1ncn[nH]1. The van der Waals surface area contributed by atoms with Crippen LogP contribution in [0.4, 0.5) is 0 Å². The molecule has 0 atom stereocenters. The van der Waals surface area contributed by atoms with E-state index in [1.807, 2.05) is 0 Å². The van der Waals surface area contributed by atoms with Crippen LogP contribution in [0, 0.1) is 0 Å². The van der Waals surface area contributed by atoms with Gasteiger partial charge >= 0.3 is 5.69 Å². The molecule has 0 saturated heterocycles. The molecular weight excluding hydrogens is 240 g/mol. The summed E-state index contributed by atoms with van der Waals surface area (Å²) in [5, 5.41) is 8.76. The van der Waals surface area contributed by atoms with Crippen molar-refractivity contribution < 1.29 is 4.79 Å². The number of hydrogen-bond donors (Lipinski definition) is 3. The van der Waals surface area contributed by atoms with E-state index in [1.165, 1.54) is 18.6 Å². The maximum Gasteiger partial charge on any atom is 0.328 e. The van der Waals surface area contributed by atoms with Gasteiger partial charge in [0.2, 0.25) is 5.91 Å². The summed E-state index contributed by atoms with van der Waals surface area (Å²) in [5.41, 5.74) is -1.13. The van der Waals surface area contributed by atoms with Gasteiger partial charge in [-0.3, -0.25) is 24.2 Å². The van der Waals surface area contributed by atoms with Crippen LogP contribution in [0.3, 0.4) is 0 Å². The van der Waals surface area contributed by atoms with E-state index in [2.05, 4.69) is 25.5 Å². The molecule has 2 aromatic rings. The fraction of sp³-hybridized carbons (Fsp3) is 0.222. The van der Waals surface area contributed by atoms with Gasteiger partial charge in [0.15, 0.2) is 0 Å². The van der Waals surface area contributed by atoms with Crippen molar-refractivity contribution in [1.29, 1.82) is 0 Å². The zero-order valence-corrected chi connectivity index (χ0v) is 9.21. The number of nitrogens with zero attached hydrogens (tertiary/aromatic N) is 3. The minimum absolute atomic E-state index is 0.177. The van der Waals surface area contributed by atoms with E-state index in [0.29, 0.717) is 5.82 Å². The largest absolute Gasteiger partial charge is 0.347 e. The van der Waals surface area contributed by atoms with Crippen LogP contribution >= 0.6 is 0 Å². The number of hydrogen-bond acceptors (Lipinski definition) is 5. The summed E-state index contributed by atoms with van der Waals surface area (Å²) in [6.07, 6.45) is 2.59. The van der Waals surface area contributed by atoms with Crippen molar-refractivity contribution in [1.82, 2.24) is 30.0 Å². The van der Waals surface area contributed by atoms with Crippen molar-refractivity contribution in [3.05, 3.63) is 45.3 Å². The molecule has 1 amide bonds. The highest BCUT2D eigenvalue weighted by atomic mass is 16.2. The van der Waals surface area contributed by atoms with Crippen molar-refractivity contribution in [2.75, 3.05) is 0 Å². The van der Waals surface area contributed by atoms with E-state index in [9.17, 15) is 14.4 Å². The monoisotopic (exact) mass is 250 g/mol. The van der Waals surface area contributed by atoms with Crippen LogP contribution in [-0.2, 0) is 17.9 Å². The van der Waals surface area contributed by atoms with Gasteiger partial charge in [0.05, 0.1) is 6.54 Å². The molecule has 0 aliphatic rings. The maximum atomic E-state index is 11.5. The number of amides is 1. The van der Waals surface area contributed by atoms with Crippen molar-refractivity contribution in [2.24, 2.45) is 0 Å². The summed E-state index contributed by atoms with van der Waals surface area (Å²) in [7, 11) is 0. The van der Waals surface area contributed by atoms with Crippen LogP contribution in [0.2, 0.25) is 0 Å². The minimum Gasteiger partial charge on any atom is -0.347 e. The Morgan fingerprint density at radius 2 is 2.28 bits per heavy atom. The fourth-order valence-electron chi connectivity index (χ4n) is 1.28. The van der Waals surface area contributed by atoms with Crippen LogP contribution in [0.1, 0.15) is 5.82 Å². The molecule has 2 rings (SSSR count). The van der Waals surface area contributed by atoms with Crippen LogP contribution in [0.25, 0.3) is 0 Å². The van der Waals surface area contributed by atoms with Crippen molar-refractivity contribution in [3.8, 4) is 0 Å². The molecule has 0 unspecified atom stereocenters. The van der Waals surface area contributed by atoms with E-state index < -0.39 is 11.2 Å². The Balaban J connectivity index is 1.95. The van der Waals surface area contributed by atoms with Crippen molar-refractivity contribution >= 4 is 5.91 Å². The van der Waals surface area contributed by atoms with Gasteiger partial charge in [0.1, 0.15) is 18.7 Å². The third-order valence-corrected chi connectivity index (χ3v) is 2.13. The van der Waals surface area contributed by atoms with Gasteiger partial charge in [-0.25, -0.2) is 9.78 Å². The second-order valence-electron chi connectivity index (χ2n) is 3.45. The van der Waals surface area contributed by atoms with E-state index in [-0.39, 0.29) is 19.0 Å². The number of carbonyl (C=O) groups excluding carboxylic acids is 1. The van der Waals surface area contributed by atoms with Gasteiger partial charge in [-0.1, -0.05) is 0 Å². The fourth-order valence-corrected chi connectivity index (χ4v) is 1.28. The first kappa shape index (κ1) is 11.8. The van der Waals surface area contributed by atoms with E-state index in [1.54, 1.807) is 0 Å². The average molecular weight is 250 g/mol. The lowest BCUT2D eigenvalue weighted by molar-refractivity contribution is -0.121. The summed E-state index contributed by atoms with van der Waals surface area (Å²) in [5.74, 6) is 0.137. The predicted octanol–water partition coefficient (Wildman–Crippen LogP) is -2.03. The topological polar surface area (TPSA) is 126 Å². The number of aromatic amines is 2. The lowest BCUT2D eigenvalue weighted by Crippen LogP contribution is -2.35. The Hall–Kier alpha value is -2.71. The normalized spacial score (nSPS) is 10.2. The molecule has 0 bridgehead atoms. The van der Waals surface area contributed by atoms with E-state index in [4.69, 9.17) is 0 Å². The standard InChI is InChI=1S/C9H10N6O3/c16-7-1-2-15(9(18)13-7)4-8(17)10-3-6-11-5-12-14-6/h1-2,5H,3-4H2,(H,10,17)(H,11,12,14)(H,13,16,18). The number of nitrogens with one attached hydrogen (secondary N) is 3. The molecule has 2 aromatic heterocycles. The molecule has 9 heteroatoms. The van der Waals surface area contributed by atoms with Gasteiger partial charge < -0.3 is 5.32 Å². The number of rotatable bonds is 4. The Labute approximate surface area is 99.9 Å². The summed E-state index contributed by atoms with van der Waals surface area (Å²) >= 11 is 0. The highest BCUT2D eigenvalue weighted by molar-refractivity contribution is 5.75. The molecule has 0 spiro atoms. The first-order valence-corrected chi connectivity index (χ1v) is 5.06.